The van der Waals surface area contributed by atoms with Crippen LogP contribution in [0.15, 0.2) is 29.2 Å². The molecule has 1 aliphatic heterocycles. The molecule has 10 heteroatoms. The third kappa shape index (κ3) is 3.83. The predicted octanol–water partition coefficient (Wildman–Crippen LogP) is 2.66. The lowest BCUT2D eigenvalue weighted by molar-refractivity contribution is -0.127. The molecule has 0 saturated carbocycles. The minimum atomic E-state index is -0.285. The highest BCUT2D eigenvalue weighted by molar-refractivity contribution is 6.42. The third-order valence-electron chi connectivity index (χ3n) is 4.70. The maximum atomic E-state index is 12.5. The molecule has 2 N–H and O–H groups in total. The number of aromatic amines is 1. The molecule has 0 atom stereocenters. The first-order chi connectivity index (χ1) is 13.5. The molecule has 3 aromatic rings. The summed E-state index contributed by atoms with van der Waals surface area (Å²) >= 11 is 11.9. The van der Waals surface area contributed by atoms with E-state index in [4.69, 9.17) is 23.2 Å². The molecule has 28 heavy (non-hydrogen) atoms. The summed E-state index contributed by atoms with van der Waals surface area (Å²) in [6.07, 6.45) is 3.03. The van der Waals surface area contributed by atoms with Gasteiger partial charge in [-0.05, 0) is 24.1 Å². The first-order valence-corrected chi connectivity index (χ1v) is 9.68. The Bertz CT molecular complexity index is 1090. The maximum Gasteiger partial charge on any atom is 0.278 e. The molecule has 2 aromatic heterocycles. The molecule has 1 fully saturated rings. The van der Waals surface area contributed by atoms with Gasteiger partial charge in [-0.2, -0.15) is 5.10 Å². The van der Waals surface area contributed by atoms with Gasteiger partial charge in [-0.25, -0.2) is 4.98 Å². The second-order valence-electron chi connectivity index (χ2n) is 6.60. The fourth-order valence-corrected chi connectivity index (χ4v) is 3.57. The molecule has 1 saturated heterocycles. The predicted molar refractivity (Wildman–Crippen MR) is 108 cm³/mol. The number of H-pyrrole nitrogens is 1. The first-order valence-electron chi connectivity index (χ1n) is 8.92. The first kappa shape index (κ1) is 18.8. The van der Waals surface area contributed by atoms with Crippen LogP contribution >= 0.6 is 23.2 Å². The lowest BCUT2D eigenvalue weighted by atomic mass is 10.2. The highest BCUT2D eigenvalue weighted by Gasteiger charge is 2.20. The Morgan fingerprint density at radius 1 is 1.18 bits per heavy atom. The van der Waals surface area contributed by atoms with Crippen molar-refractivity contribution >= 4 is 46.1 Å². The van der Waals surface area contributed by atoms with Crippen molar-refractivity contribution in [1.82, 2.24) is 24.6 Å². The van der Waals surface area contributed by atoms with Crippen molar-refractivity contribution < 1.29 is 4.79 Å². The molecular formula is C18H18Cl2N6O2. The van der Waals surface area contributed by atoms with Crippen LogP contribution in [0.25, 0.3) is 11.0 Å². The Balaban J connectivity index is 1.48. The number of likely N-dealkylation sites (tertiary alicyclic amines) is 1. The summed E-state index contributed by atoms with van der Waals surface area (Å²) in [7, 11) is 0. The van der Waals surface area contributed by atoms with Gasteiger partial charge in [0.2, 0.25) is 11.9 Å². The van der Waals surface area contributed by atoms with Gasteiger partial charge in [-0.3, -0.25) is 19.3 Å². The van der Waals surface area contributed by atoms with Crippen LogP contribution in [0.4, 0.5) is 5.95 Å². The number of halogens is 2. The lowest BCUT2D eigenvalue weighted by Crippen LogP contribution is -2.29. The zero-order valence-electron chi connectivity index (χ0n) is 14.9. The number of benzene rings is 1. The van der Waals surface area contributed by atoms with Crippen molar-refractivity contribution in [2.75, 3.05) is 18.4 Å². The zero-order valence-corrected chi connectivity index (χ0v) is 16.4. The quantitative estimate of drug-likeness (QED) is 0.638. The summed E-state index contributed by atoms with van der Waals surface area (Å²) < 4.78 is 1.59. The third-order valence-corrected chi connectivity index (χ3v) is 5.44. The van der Waals surface area contributed by atoms with Crippen LogP contribution in [0, 0.1) is 0 Å². The number of anilines is 1. The van der Waals surface area contributed by atoms with Crippen LogP contribution in [0.3, 0.4) is 0 Å². The van der Waals surface area contributed by atoms with E-state index in [2.05, 4.69) is 20.4 Å². The van der Waals surface area contributed by atoms with Gasteiger partial charge >= 0.3 is 0 Å². The van der Waals surface area contributed by atoms with Gasteiger partial charge in [0.15, 0.2) is 5.52 Å². The molecule has 0 unspecified atom stereocenters. The maximum absolute atomic E-state index is 12.5. The van der Waals surface area contributed by atoms with E-state index in [9.17, 15) is 9.59 Å². The summed E-state index contributed by atoms with van der Waals surface area (Å²) in [6.45, 7) is 2.17. The van der Waals surface area contributed by atoms with E-state index < -0.39 is 0 Å². The number of fused-ring (bicyclic) bond motifs is 1. The largest absolute Gasteiger partial charge is 0.352 e. The lowest BCUT2D eigenvalue weighted by Gasteiger charge is -2.15. The Hall–Kier alpha value is -2.58. The number of aromatic nitrogens is 4. The van der Waals surface area contributed by atoms with Gasteiger partial charge < -0.3 is 10.2 Å². The number of carbonyl (C=O) groups is 1. The number of hydrogen-bond donors (Lipinski definition) is 2. The number of nitrogens with zero attached hydrogens (tertiary/aromatic N) is 4. The van der Waals surface area contributed by atoms with Gasteiger partial charge in [0.25, 0.3) is 5.56 Å². The van der Waals surface area contributed by atoms with Crippen LogP contribution in [-0.2, 0) is 17.9 Å². The Kier molecular flexibility index (Phi) is 5.23. The van der Waals surface area contributed by atoms with Gasteiger partial charge in [0.05, 0.1) is 22.8 Å². The summed E-state index contributed by atoms with van der Waals surface area (Å²) in [4.78, 5) is 33.2. The van der Waals surface area contributed by atoms with Crippen molar-refractivity contribution in [2.24, 2.45) is 0 Å². The summed E-state index contributed by atoms with van der Waals surface area (Å²) in [5.41, 5.74) is 1.51. The topological polar surface area (TPSA) is 95.9 Å². The standard InChI is InChI=1S/C18H18Cl2N6O2/c19-12-4-3-11(8-13(12)20)9-21-18-23-14-10-22-26(16(14)17(28)24-18)7-6-25-5-1-2-15(25)27/h3-4,8,10H,1-2,5-7,9H2,(H2,21,23,24,28). The Morgan fingerprint density at radius 3 is 2.79 bits per heavy atom. The molecule has 0 aliphatic carbocycles. The van der Waals surface area contributed by atoms with Crippen molar-refractivity contribution in [1.29, 1.82) is 0 Å². The average Bonchev–Trinajstić information content (AvgIpc) is 3.27. The van der Waals surface area contributed by atoms with E-state index in [1.165, 1.54) is 0 Å². The van der Waals surface area contributed by atoms with Gasteiger partial charge in [-0.1, -0.05) is 29.3 Å². The van der Waals surface area contributed by atoms with E-state index in [0.717, 1.165) is 18.5 Å². The molecule has 0 radical (unpaired) electrons. The number of carbonyl (C=O) groups excluding carboxylic acids is 1. The zero-order chi connectivity index (χ0) is 19.7. The number of hydrogen-bond acceptors (Lipinski definition) is 5. The highest BCUT2D eigenvalue weighted by Crippen LogP contribution is 2.23. The number of nitrogens with one attached hydrogen (secondary N) is 2. The van der Waals surface area contributed by atoms with Crippen molar-refractivity contribution in [3.63, 3.8) is 0 Å². The average molecular weight is 421 g/mol. The molecule has 3 heterocycles. The van der Waals surface area contributed by atoms with E-state index in [1.807, 2.05) is 6.07 Å². The van der Waals surface area contributed by atoms with Crippen LogP contribution in [0.5, 0.6) is 0 Å². The fourth-order valence-electron chi connectivity index (χ4n) is 3.25. The van der Waals surface area contributed by atoms with E-state index >= 15 is 0 Å². The van der Waals surface area contributed by atoms with Gasteiger partial charge in [0.1, 0.15) is 5.52 Å². The molecule has 8 nitrogen and oxygen atoms in total. The van der Waals surface area contributed by atoms with E-state index in [-0.39, 0.29) is 11.5 Å². The molecular weight excluding hydrogens is 403 g/mol. The van der Waals surface area contributed by atoms with E-state index in [1.54, 1.807) is 27.9 Å². The van der Waals surface area contributed by atoms with E-state index in [0.29, 0.717) is 53.1 Å². The minimum absolute atomic E-state index is 0.150. The minimum Gasteiger partial charge on any atom is -0.352 e. The summed E-state index contributed by atoms with van der Waals surface area (Å²) in [6, 6.07) is 5.32. The van der Waals surface area contributed by atoms with Gasteiger partial charge in [-0.15, -0.1) is 0 Å². The van der Waals surface area contributed by atoms with Crippen LogP contribution < -0.4 is 10.9 Å². The molecule has 1 aliphatic rings. The molecule has 1 amide bonds. The van der Waals surface area contributed by atoms with Crippen LogP contribution in [0.2, 0.25) is 10.0 Å². The van der Waals surface area contributed by atoms with Crippen molar-refractivity contribution in [2.45, 2.75) is 25.9 Å². The molecule has 4 rings (SSSR count). The van der Waals surface area contributed by atoms with Crippen molar-refractivity contribution in [3.8, 4) is 0 Å². The number of amides is 1. The normalized spacial score (nSPS) is 14.2. The van der Waals surface area contributed by atoms with Crippen LogP contribution in [-0.4, -0.2) is 43.6 Å². The molecule has 0 bridgehead atoms. The number of rotatable bonds is 6. The second kappa shape index (κ2) is 7.81. The Labute approximate surface area is 170 Å². The summed E-state index contributed by atoms with van der Waals surface area (Å²) in [5.74, 6) is 0.495. The fraction of sp³-hybridized carbons (Fsp3) is 0.333. The molecule has 0 spiro atoms. The van der Waals surface area contributed by atoms with Crippen molar-refractivity contribution in [3.05, 3.63) is 50.4 Å². The molecule has 1 aromatic carbocycles. The summed E-state index contributed by atoms with van der Waals surface area (Å²) in [5, 5.41) is 8.29. The van der Waals surface area contributed by atoms with Gasteiger partial charge in [0, 0.05) is 26.1 Å². The molecule has 146 valence electrons. The highest BCUT2D eigenvalue weighted by atomic mass is 35.5. The second-order valence-corrected chi connectivity index (χ2v) is 7.42. The Morgan fingerprint density at radius 2 is 2.04 bits per heavy atom. The monoisotopic (exact) mass is 420 g/mol. The SMILES string of the molecule is O=C1CCCN1CCn1ncc2nc(NCc3ccc(Cl)c(Cl)c3)[nH]c(=O)c21. The van der Waals surface area contributed by atoms with Crippen LogP contribution in [0.1, 0.15) is 18.4 Å². The smallest absolute Gasteiger partial charge is 0.278 e.